The van der Waals surface area contributed by atoms with E-state index >= 15 is 0 Å². The zero-order chi connectivity index (χ0) is 20.3. The molecule has 0 radical (unpaired) electrons. The van der Waals surface area contributed by atoms with E-state index in [1.165, 1.54) is 13.8 Å². The maximum absolute atomic E-state index is 13.5. The number of alkyl halides is 2. The van der Waals surface area contributed by atoms with Crippen LogP contribution in [0.15, 0.2) is 48.5 Å². The van der Waals surface area contributed by atoms with Crippen LogP contribution in [0.1, 0.15) is 48.2 Å². The molecule has 1 unspecified atom stereocenters. The van der Waals surface area contributed by atoms with Crippen LogP contribution in [0.25, 0.3) is 11.0 Å². The fraction of sp³-hybridized carbons (Fsp3) is 0.250. The van der Waals surface area contributed by atoms with Gasteiger partial charge in [-0.3, -0.25) is 9.36 Å². The average molecular weight is 387 g/mol. The smallest absolute Gasteiger partial charge is 0.338 e. The zero-order valence-electron chi connectivity index (χ0n) is 15.4. The summed E-state index contributed by atoms with van der Waals surface area (Å²) in [4.78, 5) is 27.5. The molecular weight excluding hydrogens is 368 g/mol. The lowest BCUT2D eigenvalue weighted by Gasteiger charge is -2.15. The van der Waals surface area contributed by atoms with Crippen LogP contribution in [0.5, 0.6) is 0 Å². The molecule has 8 heteroatoms. The fourth-order valence-electron chi connectivity index (χ4n) is 2.82. The van der Waals surface area contributed by atoms with Crippen LogP contribution >= 0.6 is 0 Å². The first-order valence-corrected chi connectivity index (χ1v) is 8.66. The number of amides is 1. The number of benzene rings is 2. The summed E-state index contributed by atoms with van der Waals surface area (Å²) in [5.41, 5.74) is 1.78. The van der Waals surface area contributed by atoms with E-state index in [0.29, 0.717) is 12.1 Å². The third-order valence-corrected chi connectivity index (χ3v) is 4.20. The highest BCUT2D eigenvalue weighted by atomic mass is 19.3. The monoisotopic (exact) mass is 387 g/mol. The summed E-state index contributed by atoms with van der Waals surface area (Å²) in [6, 6.07) is 13.0. The van der Waals surface area contributed by atoms with Gasteiger partial charge in [-0.2, -0.15) is 8.78 Å². The summed E-state index contributed by atoms with van der Waals surface area (Å²) in [6.07, 6.45) is -0.965. The van der Waals surface area contributed by atoms with Gasteiger partial charge in [0.2, 0.25) is 5.91 Å². The van der Waals surface area contributed by atoms with Crippen LogP contribution < -0.4 is 5.32 Å². The Morgan fingerprint density at radius 3 is 2.46 bits per heavy atom. The molecule has 146 valence electrons. The van der Waals surface area contributed by atoms with Crippen molar-refractivity contribution < 1.29 is 23.1 Å². The number of aromatic nitrogens is 2. The molecule has 1 heterocycles. The number of para-hydroxylation sites is 2. The van der Waals surface area contributed by atoms with Gasteiger partial charge in [-0.05, 0) is 36.8 Å². The summed E-state index contributed by atoms with van der Waals surface area (Å²) in [5.74, 6) is -0.822. The molecule has 0 spiro atoms. The van der Waals surface area contributed by atoms with E-state index in [0.717, 1.165) is 10.1 Å². The van der Waals surface area contributed by atoms with E-state index in [2.05, 4.69) is 10.3 Å². The van der Waals surface area contributed by atoms with Crippen LogP contribution in [0, 0.1) is 0 Å². The van der Waals surface area contributed by atoms with Crippen molar-refractivity contribution >= 4 is 22.9 Å². The number of carbonyl (C=O) groups excluding carboxylic acids is 2. The topological polar surface area (TPSA) is 73.2 Å². The number of hydrogen-bond acceptors (Lipinski definition) is 4. The molecule has 1 amide bonds. The van der Waals surface area contributed by atoms with Crippen LogP contribution in [0.2, 0.25) is 0 Å². The number of fused-ring (bicyclic) bond motifs is 1. The molecule has 0 saturated heterocycles. The highest BCUT2D eigenvalue weighted by Crippen LogP contribution is 2.28. The minimum atomic E-state index is -2.81. The third-order valence-electron chi connectivity index (χ3n) is 4.20. The van der Waals surface area contributed by atoms with Crippen molar-refractivity contribution in [2.75, 3.05) is 0 Å². The second-order valence-electron chi connectivity index (χ2n) is 6.26. The molecular formula is C20H19F2N3O3. The number of imidazole rings is 1. The Hall–Kier alpha value is -3.29. The first-order chi connectivity index (χ1) is 13.4. The molecule has 0 bridgehead atoms. The number of carbonyl (C=O) groups is 2. The standard InChI is InChI=1S/C20H19F2N3O3/c1-12(18-24-16-5-3-4-6-17(16)25(18)20(21)22)28-19(27)15-9-7-14(8-10-15)11-23-13(2)26/h3-10,12,20H,11H2,1-2H3,(H,23,26). The lowest BCUT2D eigenvalue weighted by Crippen LogP contribution is -2.19. The van der Waals surface area contributed by atoms with Crippen LogP contribution in [0.3, 0.4) is 0 Å². The van der Waals surface area contributed by atoms with Crippen molar-refractivity contribution in [1.82, 2.24) is 14.9 Å². The van der Waals surface area contributed by atoms with Gasteiger partial charge < -0.3 is 10.1 Å². The van der Waals surface area contributed by atoms with Gasteiger partial charge in [0.05, 0.1) is 16.6 Å². The van der Waals surface area contributed by atoms with E-state index in [9.17, 15) is 18.4 Å². The second-order valence-corrected chi connectivity index (χ2v) is 6.26. The Balaban J connectivity index is 1.76. The quantitative estimate of drug-likeness (QED) is 0.649. The lowest BCUT2D eigenvalue weighted by molar-refractivity contribution is -0.119. The van der Waals surface area contributed by atoms with Gasteiger partial charge in [0.25, 0.3) is 0 Å². The molecule has 1 aromatic heterocycles. The van der Waals surface area contributed by atoms with Crippen LogP contribution in [-0.2, 0) is 16.1 Å². The summed E-state index contributed by atoms with van der Waals surface area (Å²) in [5, 5.41) is 2.66. The normalized spacial score (nSPS) is 12.2. The molecule has 1 N–H and O–H groups in total. The maximum Gasteiger partial charge on any atom is 0.338 e. The molecule has 3 aromatic rings. The Labute approximate surface area is 160 Å². The second kappa shape index (κ2) is 8.16. The Bertz CT molecular complexity index is 1000. The summed E-state index contributed by atoms with van der Waals surface area (Å²) in [6.45, 7) is 0.458. The average Bonchev–Trinajstić information content (AvgIpc) is 3.06. The molecule has 2 aromatic carbocycles. The van der Waals surface area contributed by atoms with Crippen molar-refractivity contribution in [3.63, 3.8) is 0 Å². The van der Waals surface area contributed by atoms with Crippen molar-refractivity contribution in [3.8, 4) is 0 Å². The van der Waals surface area contributed by atoms with E-state index in [4.69, 9.17) is 4.74 Å². The third kappa shape index (κ3) is 4.16. The summed E-state index contributed by atoms with van der Waals surface area (Å²) < 4.78 is 33.2. The van der Waals surface area contributed by atoms with Gasteiger partial charge in [0.1, 0.15) is 0 Å². The van der Waals surface area contributed by atoms with E-state index in [1.54, 1.807) is 48.5 Å². The van der Waals surface area contributed by atoms with Gasteiger partial charge in [-0.15, -0.1) is 0 Å². The van der Waals surface area contributed by atoms with Crippen LogP contribution in [0.4, 0.5) is 8.78 Å². The van der Waals surface area contributed by atoms with Gasteiger partial charge >= 0.3 is 12.5 Å². The Morgan fingerprint density at radius 2 is 1.82 bits per heavy atom. The predicted molar refractivity (Wildman–Crippen MR) is 98.8 cm³/mol. The zero-order valence-corrected chi connectivity index (χ0v) is 15.4. The molecule has 3 rings (SSSR count). The maximum atomic E-state index is 13.5. The molecule has 0 aliphatic heterocycles. The lowest BCUT2D eigenvalue weighted by atomic mass is 10.1. The van der Waals surface area contributed by atoms with Crippen molar-refractivity contribution in [2.45, 2.75) is 33.0 Å². The van der Waals surface area contributed by atoms with Crippen molar-refractivity contribution in [2.24, 2.45) is 0 Å². The molecule has 0 aliphatic carbocycles. The van der Waals surface area contributed by atoms with Crippen molar-refractivity contribution in [1.29, 1.82) is 0 Å². The largest absolute Gasteiger partial charge is 0.451 e. The number of nitrogens with zero attached hydrogens (tertiary/aromatic N) is 2. The fourth-order valence-corrected chi connectivity index (χ4v) is 2.82. The first kappa shape index (κ1) is 19.5. The van der Waals surface area contributed by atoms with Crippen LogP contribution in [-0.4, -0.2) is 21.4 Å². The minimum absolute atomic E-state index is 0.0215. The van der Waals surface area contributed by atoms with E-state index < -0.39 is 18.6 Å². The highest BCUT2D eigenvalue weighted by molar-refractivity contribution is 5.89. The Kier molecular flexibility index (Phi) is 5.67. The number of esters is 1. The van der Waals surface area contributed by atoms with E-state index in [-0.39, 0.29) is 22.8 Å². The first-order valence-electron chi connectivity index (χ1n) is 8.66. The van der Waals surface area contributed by atoms with E-state index in [1.807, 2.05) is 0 Å². The molecule has 0 aliphatic rings. The molecule has 28 heavy (non-hydrogen) atoms. The van der Waals surface area contributed by atoms with Gasteiger partial charge in [-0.1, -0.05) is 24.3 Å². The SMILES string of the molecule is CC(=O)NCc1ccc(C(=O)OC(C)c2nc3ccccc3n2C(F)F)cc1. The van der Waals surface area contributed by atoms with Gasteiger partial charge in [0, 0.05) is 13.5 Å². The molecule has 6 nitrogen and oxygen atoms in total. The molecule has 1 atom stereocenters. The Morgan fingerprint density at radius 1 is 1.14 bits per heavy atom. The number of rotatable bonds is 6. The number of halogens is 2. The predicted octanol–water partition coefficient (Wildman–Crippen LogP) is 3.99. The minimum Gasteiger partial charge on any atom is -0.451 e. The number of ether oxygens (including phenoxy) is 1. The number of nitrogens with one attached hydrogen (secondary N) is 1. The molecule has 0 fully saturated rings. The van der Waals surface area contributed by atoms with Gasteiger partial charge in [-0.25, -0.2) is 9.78 Å². The van der Waals surface area contributed by atoms with Gasteiger partial charge in [0.15, 0.2) is 11.9 Å². The number of hydrogen-bond donors (Lipinski definition) is 1. The summed E-state index contributed by atoms with van der Waals surface area (Å²) in [7, 11) is 0. The molecule has 0 saturated carbocycles. The highest BCUT2D eigenvalue weighted by Gasteiger charge is 2.24. The van der Waals surface area contributed by atoms with Crippen molar-refractivity contribution in [3.05, 3.63) is 65.5 Å². The summed E-state index contributed by atoms with van der Waals surface area (Å²) >= 11 is 0.